The molecule has 1 heterocycles. The Morgan fingerprint density at radius 2 is 2.23 bits per heavy atom. The first-order valence-electron chi connectivity index (χ1n) is 3.51. The zero-order chi connectivity index (χ0) is 9.90. The van der Waals surface area contributed by atoms with Crippen molar-refractivity contribution >= 4 is 21.4 Å². The molecular weight excluding hydrogens is 216 g/mol. The molecule has 0 saturated heterocycles. The molecule has 0 aliphatic rings. The number of nitrogens with zero attached hydrogens (tertiary/aromatic N) is 4. The monoisotopic (exact) mass is 224 g/mol. The first kappa shape index (κ1) is 10.4. The van der Waals surface area contributed by atoms with Gasteiger partial charge in [0.25, 0.3) is 0 Å². The summed E-state index contributed by atoms with van der Waals surface area (Å²) in [5.41, 5.74) is 0. The van der Waals surface area contributed by atoms with Crippen LogP contribution in [0.15, 0.2) is 0 Å². The fourth-order valence-corrected chi connectivity index (χ4v) is 1.44. The minimum absolute atomic E-state index is 0.0158. The third kappa shape index (κ3) is 3.27. The van der Waals surface area contributed by atoms with Crippen molar-refractivity contribution in [3.05, 3.63) is 5.82 Å². The molecule has 0 atom stereocenters. The molecule has 0 saturated carbocycles. The molecule has 0 fully saturated rings. The van der Waals surface area contributed by atoms with Gasteiger partial charge in [-0.15, -0.1) is 16.7 Å². The van der Waals surface area contributed by atoms with E-state index in [2.05, 4.69) is 15.5 Å². The molecule has 1 aromatic heterocycles. The zero-order valence-corrected chi connectivity index (χ0v) is 8.59. The number of alkyl halides is 1. The van der Waals surface area contributed by atoms with Crippen LogP contribution in [0.4, 0.5) is 0 Å². The fraction of sp³-hybridized carbons (Fsp3) is 0.800. The maximum Gasteiger partial charge on any atom is 0.166 e. The minimum atomic E-state index is -2.98. The molecule has 1 aromatic rings. The second kappa shape index (κ2) is 4.01. The van der Waals surface area contributed by atoms with Crippen LogP contribution in [0, 0.1) is 0 Å². The smallest absolute Gasteiger partial charge is 0.166 e. The van der Waals surface area contributed by atoms with Crippen molar-refractivity contribution in [3.8, 4) is 0 Å². The fourth-order valence-electron chi connectivity index (χ4n) is 0.745. The standard InChI is InChI=1S/C5H9ClN4O2S/c1-13(11,12)3-2-10-5(4-6)7-8-9-10/h2-4H2,1H3. The molecule has 0 bridgehead atoms. The lowest BCUT2D eigenvalue weighted by Gasteiger charge is -1.99. The Morgan fingerprint density at radius 1 is 1.54 bits per heavy atom. The van der Waals surface area contributed by atoms with E-state index in [0.717, 1.165) is 6.26 Å². The topological polar surface area (TPSA) is 77.7 Å². The average Bonchev–Trinajstić information content (AvgIpc) is 2.46. The Balaban J connectivity index is 2.64. The quantitative estimate of drug-likeness (QED) is 0.642. The second-order valence-electron chi connectivity index (χ2n) is 2.58. The first-order chi connectivity index (χ1) is 6.03. The van der Waals surface area contributed by atoms with Crippen LogP contribution >= 0.6 is 11.6 Å². The van der Waals surface area contributed by atoms with Crippen molar-refractivity contribution in [1.82, 2.24) is 20.2 Å². The van der Waals surface area contributed by atoms with Crippen LogP contribution in [0.1, 0.15) is 5.82 Å². The number of hydrogen-bond acceptors (Lipinski definition) is 5. The number of rotatable bonds is 4. The average molecular weight is 225 g/mol. The van der Waals surface area contributed by atoms with Crippen molar-refractivity contribution in [2.24, 2.45) is 0 Å². The Labute approximate surface area is 80.8 Å². The molecule has 0 radical (unpaired) electrons. The Hall–Kier alpha value is -0.690. The molecule has 0 unspecified atom stereocenters. The van der Waals surface area contributed by atoms with Crippen LogP contribution in [0.5, 0.6) is 0 Å². The number of aromatic nitrogens is 4. The predicted octanol–water partition coefficient (Wildman–Crippen LogP) is -0.544. The maximum absolute atomic E-state index is 10.8. The summed E-state index contributed by atoms with van der Waals surface area (Å²) in [7, 11) is -2.98. The maximum atomic E-state index is 10.8. The van der Waals surface area contributed by atoms with Crippen molar-refractivity contribution in [2.75, 3.05) is 12.0 Å². The predicted molar refractivity (Wildman–Crippen MR) is 47.1 cm³/mol. The Morgan fingerprint density at radius 3 is 2.77 bits per heavy atom. The van der Waals surface area contributed by atoms with Gasteiger partial charge in [0.2, 0.25) is 0 Å². The molecule has 0 aliphatic carbocycles. The van der Waals surface area contributed by atoms with E-state index in [1.807, 2.05) is 0 Å². The molecule has 0 aromatic carbocycles. The van der Waals surface area contributed by atoms with E-state index in [9.17, 15) is 8.42 Å². The summed E-state index contributed by atoms with van der Waals surface area (Å²) in [5.74, 6) is 0.670. The lowest BCUT2D eigenvalue weighted by atomic mass is 10.6. The number of tetrazole rings is 1. The van der Waals surface area contributed by atoms with Crippen LogP contribution in [0.25, 0.3) is 0 Å². The van der Waals surface area contributed by atoms with E-state index < -0.39 is 9.84 Å². The van der Waals surface area contributed by atoms with E-state index >= 15 is 0 Å². The SMILES string of the molecule is CS(=O)(=O)CCn1nnnc1CCl. The van der Waals surface area contributed by atoms with E-state index in [-0.39, 0.29) is 18.2 Å². The number of hydrogen-bond donors (Lipinski definition) is 0. The van der Waals surface area contributed by atoms with Crippen molar-refractivity contribution in [1.29, 1.82) is 0 Å². The third-order valence-electron chi connectivity index (χ3n) is 1.40. The highest BCUT2D eigenvalue weighted by Crippen LogP contribution is 1.97. The van der Waals surface area contributed by atoms with Gasteiger partial charge in [-0.2, -0.15) is 0 Å². The largest absolute Gasteiger partial charge is 0.229 e. The van der Waals surface area contributed by atoms with E-state index in [0.29, 0.717) is 5.82 Å². The summed E-state index contributed by atoms with van der Waals surface area (Å²) >= 11 is 5.51. The zero-order valence-electron chi connectivity index (χ0n) is 7.01. The summed E-state index contributed by atoms with van der Waals surface area (Å²) in [6, 6.07) is 0. The Kier molecular flexibility index (Phi) is 3.21. The van der Waals surface area contributed by atoms with Gasteiger partial charge >= 0.3 is 0 Å². The van der Waals surface area contributed by atoms with E-state index in [1.165, 1.54) is 4.68 Å². The molecule has 1 rings (SSSR count). The van der Waals surface area contributed by atoms with Crippen molar-refractivity contribution < 1.29 is 8.42 Å². The molecule has 8 heteroatoms. The van der Waals surface area contributed by atoms with Crippen LogP contribution in [-0.4, -0.2) is 40.6 Å². The van der Waals surface area contributed by atoms with Crippen LogP contribution in [0.2, 0.25) is 0 Å². The van der Waals surface area contributed by atoms with Crippen LogP contribution < -0.4 is 0 Å². The number of aryl methyl sites for hydroxylation is 1. The number of sulfone groups is 1. The van der Waals surface area contributed by atoms with Crippen LogP contribution in [-0.2, 0) is 22.3 Å². The van der Waals surface area contributed by atoms with E-state index in [1.54, 1.807) is 0 Å². The van der Waals surface area contributed by atoms with Gasteiger partial charge in [-0.3, -0.25) is 0 Å². The normalized spacial score (nSPS) is 11.8. The summed E-state index contributed by atoms with van der Waals surface area (Å²) in [6.45, 7) is 0.244. The van der Waals surface area contributed by atoms with Gasteiger partial charge in [-0.1, -0.05) is 0 Å². The van der Waals surface area contributed by atoms with Gasteiger partial charge in [0.1, 0.15) is 9.84 Å². The Bertz CT molecular complexity index is 374. The summed E-state index contributed by atoms with van der Waals surface area (Å²) in [6.07, 6.45) is 1.16. The van der Waals surface area contributed by atoms with Gasteiger partial charge in [-0.25, -0.2) is 13.1 Å². The molecular formula is C5H9ClN4O2S. The highest BCUT2D eigenvalue weighted by atomic mass is 35.5. The van der Waals surface area contributed by atoms with Crippen LogP contribution in [0.3, 0.4) is 0 Å². The van der Waals surface area contributed by atoms with Gasteiger partial charge in [0.15, 0.2) is 5.82 Å². The number of halogens is 1. The summed E-state index contributed by atoms with van der Waals surface area (Å²) < 4.78 is 23.0. The van der Waals surface area contributed by atoms with Crippen molar-refractivity contribution in [3.63, 3.8) is 0 Å². The second-order valence-corrected chi connectivity index (χ2v) is 5.11. The van der Waals surface area contributed by atoms with Gasteiger partial charge < -0.3 is 0 Å². The lowest BCUT2D eigenvalue weighted by Crippen LogP contribution is -2.14. The molecule has 0 N–H and O–H groups in total. The molecule has 0 aliphatic heterocycles. The first-order valence-corrected chi connectivity index (χ1v) is 6.11. The van der Waals surface area contributed by atoms with Gasteiger partial charge in [-0.05, 0) is 10.4 Å². The molecule has 13 heavy (non-hydrogen) atoms. The lowest BCUT2D eigenvalue weighted by molar-refractivity contribution is 0.573. The molecule has 74 valence electrons. The summed E-state index contributed by atoms with van der Waals surface area (Å²) in [5, 5.41) is 10.6. The minimum Gasteiger partial charge on any atom is -0.229 e. The molecule has 6 nitrogen and oxygen atoms in total. The van der Waals surface area contributed by atoms with E-state index in [4.69, 9.17) is 11.6 Å². The summed E-state index contributed by atoms with van der Waals surface area (Å²) in [4.78, 5) is 0. The van der Waals surface area contributed by atoms with Gasteiger partial charge in [0, 0.05) is 6.26 Å². The van der Waals surface area contributed by atoms with Gasteiger partial charge in [0.05, 0.1) is 18.2 Å². The highest BCUT2D eigenvalue weighted by Gasteiger charge is 2.07. The third-order valence-corrected chi connectivity index (χ3v) is 2.56. The van der Waals surface area contributed by atoms with Crippen molar-refractivity contribution in [2.45, 2.75) is 12.4 Å². The highest BCUT2D eigenvalue weighted by molar-refractivity contribution is 7.90. The molecule has 0 amide bonds. The molecule has 0 spiro atoms.